The van der Waals surface area contributed by atoms with Gasteiger partial charge in [-0.15, -0.1) is 13.2 Å². The smallest absolute Gasteiger partial charge is 0.244 e. The molecule has 0 rings (SSSR count). The zero-order valence-corrected chi connectivity index (χ0v) is 23.0. The molecule has 0 N–H and O–H groups in total. The van der Waals surface area contributed by atoms with Gasteiger partial charge in [-0.1, -0.05) is 12.2 Å². The fraction of sp³-hybridized carbons (Fsp3) is 0.833. The second-order valence-electron chi connectivity index (χ2n) is 10.6. The molecule has 0 bridgehead atoms. The number of rotatable bonds is 12. The quantitative estimate of drug-likeness (QED) is 0.139. The summed E-state index contributed by atoms with van der Waals surface area (Å²) in [6.07, 6.45) is -45.0. The molecule has 3 unspecified atom stereocenters. The zero-order valence-electron chi connectivity index (χ0n) is 23.0. The van der Waals surface area contributed by atoms with Gasteiger partial charge in [0.05, 0.1) is 11.8 Å². The van der Waals surface area contributed by atoms with Crippen LogP contribution in [0, 0.1) is 17.8 Å². The SMILES string of the molecule is C=CCC(CC(C)(C)F)CC(F)(C(F)(F)F)C(F)(F)F.C=CCC(CC(CC(F)(C(F)(F)F)C(F)(F)F)C(F)(F)F)C(F)(F)F. The number of hydrogen-bond donors (Lipinski definition) is 0. The largest absolute Gasteiger partial charge is 0.431 e. The van der Waals surface area contributed by atoms with Crippen molar-refractivity contribution in [3.8, 4) is 0 Å². The van der Waals surface area contributed by atoms with E-state index in [1.54, 1.807) is 0 Å². The minimum absolute atomic E-state index is 0.342. The van der Waals surface area contributed by atoms with Crippen LogP contribution in [0.2, 0.25) is 0 Å². The van der Waals surface area contributed by atoms with E-state index in [9.17, 15) is 92.2 Å². The molecule has 0 spiro atoms. The van der Waals surface area contributed by atoms with Crippen LogP contribution in [0.25, 0.3) is 0 Å². The van der Waals surface area contributed by atoms with Crippen LogP contribution in [0.3, 0.4) is 0 Å². The monoisotopic (exact) mass is 714 g/mol. The van der Waals surface area contributed by atoms with Gasteiger partial charge >= 0.3 is 37.1 Å². The summed E-state index contributed by atoms with van der Waals surface area (Å²) in [7, 11) is 0. The van der Waals surface area contributed by atoms with Crippen molar-refractivity contribution < 1.29 is 92.2 Å². The summed E-state index contributed by atoms with van der Waals surface area (Å²) in [4.78, 5) is 0. The summed E-state index contributed by atoms with van der Waals surface area (Å²) in [6.45, 7) is 8.01. The Bertz CT molecular complexity index is 877. The van der Waals surface area contributed by atoms with Gasteiger partial charge in [0.2, 0.25) is 0 Å². The number of halogens is 21. The molecule has 0 aliphatic heterocycles. The maximum Gasteiger partial charge on any atom is 0.431 e. The lowest BCUT2D eigenvalue weighted by Crippen LogP contribution is -2.55. The average molecular weight is 714 g/mol. The number of allylic oxidation sites excluding steroid dienone is 2. The third-order valence-corrected chi connectivity index (χ3v) is 6.12. The van der Waals surface area contributed by atoms with E-state index in [4.69, 9.17) is 0 Å². The van der Waals surface area contributed by atoms with Crippen molar-refractivity contribution in [1.82, 2.24) is 0 Å². The molecule has 0 saturated carbocycles. The normalized spacial score (nSPS) is 16.8. The first-order chi connectivity index (χ1) is 19.4. The average Bonchev–Trinajstić information content (AvgIpc) is 2.73. The van der Waals surface area contributed by atoms with Crippen molar-refractivity contribution in [1.29, 1.82) is 0 Å². The highest BCUT2D eigenvalue weighted by atomic mass is 19.4. The maximum absolute atomic E-state index is 13.5. The molecule has 0 amide bonds. The third-order valence-electron chi connectivity index (χ3n) is 6.12. The second-order valence-corrected chi connectivity index (χ2v) is 10.6. The van der Waals surface area contributed by atoms with E-state index in [1.165, 1.54) is 0 Å². The Kier molecular flexibility index (Phi) is 14.9. The van der Waals surface area contributed by atoms with Crippen LogP contribution in [-0.4, -0.2) is 54.1 Å². The summed E-state index contributed by atoms with van der Waals surface area (Å²) >= 11 is 0. The minimum atomic E-state index is -6.79. The van der Waals surface area contributed by atoms with Crippen molar-refractivity contribution in [2.45, 2.75) is 106 Å². The molecule has 3 atom stereocenters. The summed E-state index contributed by atoms with van der Waals surface area (Å²) in [5.74, 6) is -8.21. The predicted molar refractivity (Wildman–Crippen MR) is 118 cm³/mol. The molecule has 0 radical (unpaired) electrons. The van der Waals surface area contributed by atoms with Crippen LogP contribution in [-0.2, 0) is 0 Å². The Labute approximate surface area is 242 Å². The topological polar surface area (TPSA) is 0 Å². The van der Waals surface area contributed by atoms with E-state index in [2.05, 4.69) is 13.2 Å². The molecular formula is C24H27F21. The molecule has 0 heterocycles. The highest BCUT2D eigenvalue weighted by Crippen LogP contribution is 2.54. The third kappa shape index (κ3) is 13.3. The van der Waals surface area contributed by atoms with Crippen LogP contribution < -0.4 is 0 Å². The molecule has 270 valence electrons. The van der Waals surface area contributed by atoms with Crippen molar-refractivity contribution >= 4 is 0 Å². The van der Waals surface area contributed by atoms with E-state index >= 15 is 0 Å². The molecule has 0 aromatic carbocycles. The van der Waals surface area contributed by atoms with Crippen LogP contribution in [0.15, 0.2) is 25.3 Å². The fourth-order valence-electron chi connectivity index (χ4n) is 3.92. The molecular weight excluding hydrogens is 687 g/mol. The van der Waals surface area contributed by atoms with Crippen LogP contribution >= 0.6 is 0 Å². The molecule has 0 aromatic heterocycles. The number of alkyl halides is 21. The van der Waals surface area contributed by atoms with Gasteiger partial charge in [0.1, 0.15) is 5.67 Å². The predicted octanol–water partition coefficient (Wildman–Crippen LogP) is 12.1. The van der Waals surface area contributed by atoms with Crippen LogP contribution in [0.4, 0.5) is 92.2 Å². The first-order valence-electron chi connectivity index (χ1n) is 12.1. The Balaban J connectivity index is 0. The molecule has 0 fully saturated rings. The lowest BCUT2D eigenvalue weighted by atomic mass is 9.82. The minimum Gasteiger partial charge on any atom is -0.244 e. The summed E-state index contributed by atoms with van der Waals surface area (Å²) in [5, 5.41) is 0. The van der Waals surface area contributed by atoms with Gasteiger partial charge in [0, 0.05) is 12.8 Å². The lowest BCUT2D eigenvalue weighted by molar-refractivity contribution is -0.353. The van der Waals surface area contributed by atoms with E-state index in [1.807, 2.05) is 0 Å². The van der Waals surface area contributed by atoms with Crippen molar-refractivity contribution in [2.24, 2.45) is 17.8 Å². The highest BCUT2D eigenvalue weighted by Gasteiger charge is 2.74. The molecule has 0 aliphatic rings. The Morgan fingerprint density at radius 3 is 1.00 bits per heavy atom. The number of hydrogen-bond acceptors (Lipinski definition) is 0. The molecule has 0 aromatic rings. The summed E-state index contributed by atoms with van der Waals surface area (Å²) in [6, 6.07) is 0. The molecule has 45 heavy (non-hydrogen) atoms. The van der Waals surface area contributed by atoms with Gasteiger partial charge < -0.3 is 0 Å². The Hall–Kier alpha value is -1.99. The summed E-state index contributed by atoms with van der Waals surface area (Å²) in [5.41, 5.74) is -13.7. The Morgan fingerprint density at radius 2 is 0.756 bits per heavy atom. The Morgan fingerprint density at radius 1 is 0.444 bits per heavy atom. The van der Waals surface area contributed by atoms with Crippen LogP contribution in [0.5, 0.6) is 0 Å². The first-order valence-corrected chi connectivity index (χ1v) is 12.1. The first kappa shape index (κ1) is 45.1. The molecule has 0 saturated heterocycles. The van der Waals surface area contributed by atoms with Gasteiger partial charge in [-0.2, -0.15) is 79.0 Å². The zero-order chi connectivity index (χ0) is 36.9. The van der Waals surface area contributed by atoms with Crippen molar-refractivity contribution in [2.75, 3.05) is 0 Å². The van der Waals surface area contributed by atoms with Crippen molar-refractivity contribution in [3.05, 3.63) is 25.3 Å². The van der Waals surface area contributed by atoms with Crippen molar-refractivity contribution in [3.63, 3.8) is 0 Å². The fourth-order valence-corrected chi connectivity index (χ4v) is 3.92. The van der Waals surface area contributed by atoms with Gasteiger partial charge in [-0.05, 0) is 45.4 Å². The maximum atomic E-state index is 13.5. The summed E-state index contributed by atoms with van der Waals surface area (Å²) < 4.78 is 265. The molecule has 0 nitrogen and oxygen atoms in total. The molecule has 0 aliphatic carbocycles. The van der Waals surface area contributed by atoms with E-state index in [0.717, 1.165) is 19.9 Å². The highest BCUT2D eigenvalue weighted by molar-refractivity contribution is 4.99. The van der Waals surface area contributed by atoms with E-state index < -0.39 is 104 Å². The van der Waals surface area contributed by atoms with E-state index in [-0.39, 0.29) is 6.42 Å². The lowest BCUT2D eigenvalue weighted by Gasteiger charge is -2.35. The van der Waals surface area contributed by atoms with Gasteiger partial charge in [0.15, 0.2) is 0 Å². The standard InChI is InChI=1S/C12H11F13.C12H16F8/c1-2-3-6(9(14,15)16)4-7(10(17,18)19)5-8(13,11(20,21)22)12(23,24)25;1-4-5-8(6-9(2,3)13)7-10(14,11(15,16)17)12(18,19)20/h2,6-7H,1,3-5H2;4,8H,1,5-7H2,2-3H3. The van der Waals surface area contributed by atoms with Gasteiger partial charge in [-0.3, -0.25) is 0 Å². The van der Waals surface area contributed by atoms with Gasteiger partial charge in [-0.25, -0.2) is 13.2 Å². The van der Waals surface area contributed by atoms with E-state index in [0.29, 0.717) is 6.08 Å². The molecule has 21 heteroatoms. The van der Waals surface area contributed by atoms with Gasteiger partial charge in [0.25, 0.3) is 11.3 Å². The van der Waals surface area contributed by atoms with Crippen LogP contribution in [0.1, 0.15) is 52.4 Å². The second kappa shape index (κ2) is 14.8.